The van der Waals surface area contributed by atoms with E-state index < -0.39 is 30.1 Å². The van der Waals surface area contributed by atoms with Crippen LogP contribution in [0.3, 0.4) is 0 Å². The highest BCUT2D eigenvalue weighted by molar-refractivity contribution is 5.87. The van der Waals surface area contributed by atoms with Gasteiger partial charge in [-0.05, 0) is 25.8 Å². The van der Waals surface area contributed by atoms with Crippen molar-refractivity contribution < 1.29 is 44.1 Å². The van der Waals surface area contributed by atoms with Crippen molar-refractivity contribution in [3.63, 3.8) is 0 Å². The number of amides is 2. The molecule has 0 spiro atoms. The van der Waals surface area contributed by atoms with Crippen molar-refractivity contribution in [2.75, 3.05) is 91.6 Å². The second-order valence-corrected chi connectivity index (χ2v) is 11.4. The lowest BCUT2D eigenvalue weighted by atomic mass is 10.1. The SMILES string of the molecule is CCCCCNC(=O)[C@@H](CCCN)NC(=O)CCNC(C=O)N1CCN(CC(=O)O)CCN(CC(=O)O)CCN(CC(=O)O)CC1. The third kappa shape index (κ3) is 18.7. The molecule has 1 aliphatic heterocycles. The highest BCUT2D eigenvalue weighted by atomic mass is 16.4. The maximum absolute atomic E-state index is 12.8. The Morgan fingerprint density at radius 2 is 1.26 bits per heavy atom. The number of aldehydes is 1. The number of nitrogens with two attached hydrogens (primary N) is 1. The summed E-state index contributed by atoms with van der Waals surface area (Å²) in [4.78, 5) is 78.7. The molecule has 8 N–H and O–H groups in total. The van der Waals surface area contributed by atoms with Gasteiger partial charge in [-0.15, -0.1) is 0 Å². The quantitative estimate of drug-likeness (QED) is 0.0498. The third-order valence-electron chi connectivity index (χ3n) is 7.60. The van der Waals surface area contributed by atoms with Crippen LogP contribution in [0.4, 0.5) is 0 Å². The van der Waals surface area contributed by atoms with E-state index in [1.54, 1.807) is 19.6 Å². The van der Waals surface area contributed by atoms with Gasteiger partial charge in [0, 0.05) is 71.9 Å². The Balaban J connectivity index is 2.91. The van der Waals surface area contributed by atoms with Crippen LogP contribution in [-0.2, 0) is 28.8 Å². The van der Waals surface area contributed by atoms with E-state index in [0.717, 1.165) is 19.3 Å². The Morgan fingerprint density at radius 1 is 0.761 bits per heavy atom. The minimum atomic E-state index is -1.05. The molecule has 1 saturated heterocycles. The van der Waals surface area contributed by atoms with Crippen LogP contribution in [-0.4, -0.2) is 175 Å². The number of unbranched alkanes of at least 4 members (excludes halogenated alkanes) is 2. The molecule has 0 saturated carbocycles. The first-order chi connectivity index (χ1) is 22.0. The van der Waals surface area contributed by atoms with E-state index >= 15 is 0 Å². The normalized spacial score (nSPS) is 17.6. The molecule has 1 fully saturated rings. The molecule has 17 heteroatoms. The van der Waals surface area contributed by atoms with Gasteiger partial charge in [0.1, 0.15) is 12.2 Å². The monoisotopic (exact) mass is 658 g/mol. The average molecular weight is 659 g/mol. The number of hydrogen-bond donors (Lipinski definition) is 7. The fraction of sp³-hybridized carbons (Fsp3) is 0.793. The molecule has 1 heterocycles. The maximum Gasteiger partial charge on any atom is 0.317 e. The minimum Gasteiger partial charge on any atom is -0.480 e. The highest BCUT2D eigenvalue weighted by Gasteiger charge is 2.24. The lowest BCUT2D eigenvalue weighted by molar-refractivity contribution is -0.140. The fourth-order valence-electron chi connectivity index (χ4n) is 5.04. The van der Waals surface area contributed by atoms with E-state index in [0.29, 0.717) is 32.2 Å². The van der Waals surface area contributed by atoms with E-state index in [1.807, 2.05) is 0 Å². The average Bonchev–Trinajstić information content (AvgIpc) is 2.99. The van der Waals surface area contributed by atoms with Gasteiger partial charge in [-0.25, -0.2) is 0 Å². The third-order valence-corrected chi connectivity index (χ3v) is 7.60. The molecule has 1 rings (SSSR count). The molecule has 46 heavy (non-hydrogen) atoms. The first-order valence-electron chi connectivity index (χ1n) is 16.0. The van der Waals surface area contributed by atoms with Crippen molar-refractivity contribution in [1.82, 2.24) is 35.6 Å². The van der Waals surface area contributed by atoms with Gasteiger partial charge < -0.3 is 36.5 Å². The van der Waals surface area contributed by atoms with E-state index in [9.17, 15) is 44.1 Å². The first kappa shape index (κ1) is 40.8. The number of aliphatic carboxylic acids is 3. The Labute approximate surface area is 270 Å². The fourth-order valence-corrected chi connectivity index (χ4v) is 5.04. The smallest absolute Gasteiger partial charge is 0.317 e. The molecule has 0 aromatic heterocycles. The van der Waals surface area contributed by atoms with Crippen molar-refractivity contribution in [1.29, 1.82) is 0 Å². The molecule has 0 aliphatic carbocycles. The summed E-state index contributed by atoms with van der Waals surface area (Å²) in [6.45, 7) is 4.24. The van der Waals surface area contributed by atoms with Gasteiger partial charge in [-0.1, -0.05) is 19.8 Å². The molecule has 0 bridgehead atoms. The zero-order valence-corrected chi connectivity index (χ0v) is 27.0. The van der Waals surface area contributed by atoms with Gasteiger partial charge in [0.15, 0.2) is 6.29 Å². The van der Waals surface area contributed by atoms with Gasteiger partial charge in [-0.3, -0.25) is 48.9 Å². The van der Waals surface area contributed by atoms with E-state index in [4.69, 9.17) is 5.73 Å². The van der Waals surface area contributed by atoms with Crippen molar-refractivity contribution in [2.24, 2.45) is 5.73 Å². The van der Waals surface area contributed by atoms with E-state index in [-0.39, 0.29) is 96.8 Å². The molecule has 0 aromatic carbocycles. The Bertz CT molecular complexity index is 926. The molecule has 17 nitrogen and oxygen atoms in total. The Morgan fingerprint density at radius 3 is 1.70 bits per heavy atom. The molecule has 1 unspecified atom stereocenters. The number of nitrogens with zero attached hydrogens (tertiary/aromatic N) is 4. The van der Waals surface area contributed by atoms with Crippen molar-refractivity contribution in [3.05, 3.63) is 0 Å². The van der Waals surface area contributed by atoms with Crippen LogP contribution >= 0.6 is 0 Å². The highest BCUT2D eigenvalue weighted by Crippen LogP contribution is 2.04. The predicted octanol–water partition coefficient (Wildman–Crippen LogP) is -2.50. The first-order valence-corrected chi connectivity index (χ1v) is 16.0. The Kier molecular flexibility index (Phi) is 21.3. The molecular formula is C29H54N8O9. The summed E-state index contributed by atoms with van der Waals surface area (Å²) in [5.74, 6) is -3.78. The molecule has 0 aromatic rings. The number of carbonyl (C=O) groups excluding carboxylic acids is 3. The summed E-state index contributed by atoms with van der Waals surface area (Å²) in [6, 6.07) is -0.721. The molecule has 2 amide bonds. The lowest BCUT2D eigenvalue weighted by Crippen LogP contribution is -2.54. The summed E-state index contributed by atoms with van der Waals surface area (Å²) in [5, 5.41) is 36.8. The summed E-state index contributed by atoms with van der Waals surface area (Å²) < 4.78 is 0. The standard InChI is InChI=1S/C29H54N8O9/c1-2-3-4-9-32-29(46)23(6-5-8-30)33-25(39)7-10-31-24(22-38)37-17-15-35(20-27(42)43)13-11-34(19-26(40)41)12-14-36(16-18-37)21-28(44)45/h22-24,31H,2-21,30H2,1H3,(H,32,46)(H,33,39)(H,40,41)(H,42,43)(H,44,45)/t23-,24?/m1/s1. The second kappa shape index (κ2) is 24.0. The number of carbonyl (C=O) groups is 6. The van der Waals surface area contributed by atoms with Gasteiger partial charge in [0.2, 0.25) is 11.8 Å². The number of rotatable bonds is 21. The van der Waals surface area contributed by atoms with Crippen LogP contribution in [0.25, 0.3) is 0 Å². The lowest BCUT2D eigenvalue weighted by Gasteiger charge is -2.35. The van der Waals surface area contributed by atoms with Crippen molar-refractivity contribution in [3.8, 4) is 0 Å². The van der Waals surface area contributed by atoms with Crippen LogP contribution in [0, 0.1) is 0 Å². The minimum absolute atomic E-state index is 0.0177. The zero-order valence-electron chi connectivity index (χ0n) is 27.0. The summed E-state index contributed by atoms with van der Waals surface area (Å²) >= 11 is 0. The topological polar surface area (TPSA) is 238 Å². The van der Waals surface area contributed by atoms with Crippen molar-refractivity contribution in [2.45, 2.75) is 57.7 Å². The largest absolute Gasteiger partial charge is 0.480 e. The van der Waals surface area contributed by atoms with Gasteiger partial charge in [0.25, 0.3) is 0 Å². The number of carboxylic acids is 3. The summed E-state index contributed by atoms with van der Waals surface area (Å²) in [7, 11) is 0. The van der Waals surface area contributed by atoms with E-state index in [2.05, 4.69) is 22.9 Å². The van der Waals surface area contributed by atoms with Gasteiger partial charge in [-0.2, -0.15) is 0 Å². The molecular weight excluding hydrogens is 604 g/mol. The van der Waals surface area contributed by atoms with Crippen LogP contribution in [0.5, 0.6) is 0 Å². The van der Waals surface area contributed by atoms with Gasteiger partial charge in [0.05, 0.1) is 19.6 Å². The summed E-state index contributed by atoms with van der Waals surface area (Å²) in [6.07, 6.45) is 3.61. The molecule has 1 aliphatic rings. The van der Waals surface area contributed by atoms with Crippen LogP contribution in [0.15, 0.2) is 0 Å². The zero-order chi connectivity index (χ0) is 34.3. The van der Waals surface area contributed by atoms with Crippen LogP contribution < -0.4 is 21.7 Å². The summed E-state index contributed by atoms with van der Waals surface area (Å²) in [5.41, 5.74) is 5.61. The molecule has 264 valence electrons. The number of nitrogens with one attached hydrogen (secondary N) is 3. The second-order valence-electron chi connectivity index (χ2n) is 11.4. The number of hydrogen-bond acceptors (Lipinski definition) is 12. The maximum atomic E-state index is 12.8. The van der Waals surface area contributed by atoms with Crippen molar-refractivity contribution >= 4 is 36.0 Å². The van der Waals surface area contributed by atoms with Gasteiger partial charge >= 0.3 is 17.9 Å². The predicted molar refractivity (Wildman–Crippen MR) is 169 cm³/mol. The number of carboxylic acid groups (broad SMARTS) is 3. The van der Waals surface area contributed by atoms with Crippen LogP contribution in [0.2, 0.25) is 0 Å². The molecule has 0 radical (unpaired) electrons. The van der Waals surface area contributed by atoms with E-state index in [1.165, 1.54) is 0 Å². The van der Waals surface area contributed by atoms with Crippen LogP contribution in [0.1, 0.15) is 45.4 Å². The Hall–Kier alpha value is -3.22. The molecule has 2 atom stereocenters.